The summed E-state index contributed by atoms with van der Waals surface area (Å²) in [5, 5.41) is 13.0. The normalized spacial score (nSPS) is 10.4. The first-order chi connectivity index (χ1) is 8.29. The average Bonchev–Trinajstić information content (AvgIpc) is 2.79. The molecule has 0 saturated heterocycles. The Morgan fingerprint density at radius 2 is 2.06 bits per heavy atom. The van der Waals surface area contributed by atoms with Gasteiger partial charge in [0.2, 0.25) is 0 Å². The Morgan fingerprint density at radius 1 is 1.29 bits per heavy atom. The number of nitrogens with zero attached hydrogens (tertiary/aromatic N) is 4. The van der Waals surface area contributed by atoms with Crippen molar-refractivity contribution < 1.29 is 0 Å². The molecule has 0 bridgehead atoms. The van der Waals surface area contributed by atoms with Gasteiger partial charge in [0.1, 0.15) is 0 Å². The molecule has 4 nitrogen and oxygen atoms in total. The van der Waals surface area contributed by atoms with Crippen LogP contribution in [0.5, 0.6) is 0 Å². The quantitative estimate of drug-likeness (QED) is 0.749. The second-order valence-corrected chi connectivity index (χ2v) is 3.92. The molecular weight excluding hydrogens is 212 g/mol. The van der Waals surface area contributed by atoms with E-state index in [2.05, 4.69) is 11.2 Å². The number of aromatic nitrogens is 2. The number of benzene rings is 1. The lowest BCUT2D eigenvalue weighted by atomic mass is 10.2. The van der Waals surface area contributed by atoms with E-state index in [9.17, 15) is 0 Å². The maximum absolute atomic E-state index is 8.58. The average molecular weight is 226 g/mol. The molecule has 2 rings (SSSR count). The SMILES string of the molecule is CN(CC#N)Cn1ccc(-c2ccccc2)n1. The van der Waals surface area contributed by atoms with Gasteiger partial charge in [0.15, 0.2) is 0 Å². The van der Waals surface area contributed by atoms with Crippen LogP contribution in [0.1, 0.15) is 0 Å². The van der Waals surface area contributed by atoms with E-state index in [4.69, 9.17) is 5.26 Å². The Morgan fingerprint density at radius 3 is 2.76 bits per heavy atom. The van der Waals surface area contributed by atoms with Crippen molar-refractivity contribution in [3.8, 4) is 17.3 Å². The molecule has 0 amide bonds. The van der Waals surface area contributed by atoms with E-state index < -0.39 is 0 Å². The molecule has 1 aromatic heterocycles. The minimum Gasteiger partial charge on any atom is -0.274 e. The summed E-state index contributed by atoms with van der Waals surface area (Å²) < 4.78 is 1.83. The summed E-state index contributed by atoms with van der Waals surface area (Å²) in [5.41, 5.74) is 2.06. The van der Waals surface area contributed by atoms with Crippen LogP contribution in [0.15, 0.2) is 42.6 Å². The molecule has 0 fully saturated rings. The maximum atomic E-state index is 8.58. The summed E-state index contributed by atoms with van der Waals surface area (Å²) in [5.74, 6) is 0. The van der Waals surface area contributed by atoms with Gasteiger partial charge in [0.25, 0.3) is 0 Å². The Bertz CT molecular complexity index is 510. The lowest BCUT2D eigenvalue weighted by molar-refractivity contribution is 0.283. The molecule has 0 aliphatic carbocycles. The molecule has 0 saturated carbocycles. The molecule has 0 atom stereocenters. The molecular formula is C13H14N4. The van der Waals surface area contributed by atoms with Crippen LogP contribution in [0.2, 0.25) is 0 Å². The van der Waals surface area contributed by atoms with Gasteiger partial charge in [-0.3, -0.25) is 9.58 Å². The lowest BCUT2D eigenvalue weighted by Crippen LogP contribution is -2.22. The zero-order valence-corrected chi connectivity index (χ0v) is 9.74. The predicted molar refractivity (Wildman–Crippen MR) is 65.9 cm³/mol. The van der Waals surface area contributed by atoms with Crippen LogP contribution in [-0.2, 0) is 6.67 Å². The van der Waals surface area contributed by atoms with Crippen molar-refractivity contribution in [2.24, 2.45) is 0 Å². The fraction of sp³-hybridized carbons (Fsp3) is 0.231. The standard InChI is InChI=1S/C13H14N4/c1-16(10-8-14)11-17-9-7-13(15-17)12-5-3-2-4-6-12/h2-7,9H,10-11H2,1H3. The molecule has 17 heavy (non-hydrogen) atoms. The topological polar surface area (TPSA) is 44.9 Å². The summed E-state index contributed by atoms with van der Waals surface area (Å²) in [4.78, 5) is 1.90. The van der Waals surface area contributed by atoms with Crippen LogP contribution in [-0.4, -0.2) is 28.3 Å². The summed E-state index contributed by atoms with van der Waals surface area (Å²) in [6, 6.07) is 14.1. The van der Waals surface area contributed by atoms with Gasteiger partial charge in [0, 0.05) is 11.8 Å². The highest BCUT2D eigenvalue weighted by Gasteiger charge is 2.03. The first-order valence-corrected chi connectivity index (χ1v) is 5.44. The van der Waals surface area contributed by atoms with E-state index in [0.29, 0.717) is 13.2 Å². The Kier molecular flexibility index (Phi) is 3.53. The maximum Gasteiger partial charge on any atom is 0.0934 e. The van der Waals surface area contributed by atoms with E-state index in [-0.39, 0.29) is 0 Å². The van der Waals surface area contributed by atoms with Gasteiger partial charge in [0.05, 0.1) is 25.0 Å². The highest BCUT2D eigenvalue weighted by molar-refractivity contribution is 5.57. The van der Waals surface area contributed by atoms with E-state index in [1.54, 1.807) is 0 Å². The molecule has 2 aromatic rings. The molecule has 0 radical (unpaired) electrons. The smallest absolute Gasteiger partial charge is 0.0934 e. The van der Waals surface area contributed by atoms with Crippen molar-refractivity contribution >= 4 is 0 Å². The molecule has 0 aliphatic heterocycles. The van der Waals surface area contributed by atoms with Gasteiger partial charge in [-0.15, -0.1) is 0 Å². The van der Waals surface area contributed by atoms with Gasteiger partial charge >= 0.3 is 0 Å². The molecule has 0 aliphatic rings. The van der Waals surface area contributed by atoms with Crippen LogP contribution in [0.3, 0.4) is 0 Å². The lowest BCUT2D eigenvalue weighted by Gasteiger charge is -2.11. The van der Waals surface area contributed by atoms with Crippen molar-refractivity contribution in [3.05, 3.63) is 42.6 Å². The second-order valence-electron chi connectivity index (χ2n) is 3.92. The van der Waals surface area contributed by atoms with Crippen molar-refractivity contribution in [1.82, 2.24) is 14.7 Å². The summed E-state index contributed by atoms with van der Waals surface area (Å²) >= 11 is 0. The Hall–Kier alpha value is -2.12. The van der Waals surface area contributed by atoms with Crippen LogP contribution in [0.25, 0.3) is 11.3 Å². The van der Waals surface area contributed by atoms with Crippen molar-refractivity contribution in [2.75, 3.05) is 13.6 Å². The third-order valence-corrected chi connectivity index (χ3v) is 2.44. The fourth-order valence-corrected chi connectivity index (χ4v) is 1.62. The summed E-state index contributed by atoms with van der Waals surface area (Å²) in [7, 11) is 1.90. The van der Waals surface area contributed by atoms with Gasteiger partial charge in [-0.25, -0.2) is 0 Å². The zero-order valence-electron chi connectivity index (χ0n) is 9.74. The van der Waals surface area contributed by atoms with Gasteiger partial charge in [-0.1, -0.05) is 30.3 Å². The third-order valence-electron chi connectivity index (χ3n) is 2.44. The van der Waals surface area contributed by atoms with E-state index in [1.165, 1.54) is 0 Å². The monoisotopic (exact) mass is 226 g/mol. The summed E-state index contributed by atoms with van der Waals surface area (Å²) in [6.45, 7) is 1.03. The third kappa shape index (κ3) is 2.92. The molecule has 0 N–H and O–H groups in total. The minimum absolute atomic E-state index is 0.403. The van der Waals surface area contributed by atoms with Crippen molar-refractivity contribution in [3.63, 3.8) is 0 Å². The molecule has 4 heteroatoms. The minimum atomic E-state index is 0.403. The van der Waals surface area contributed by atoms with Crippen LogP contribution < -0.4 is 0 Å². The van der Waals surface area contributed by atoms with E-state index in [1.807, 2.05) is 59.2 Å². The van der Waals surface area contributed by atoms with Crippen molar-refractivity contribution in [2.45, 2.75) is 6.67 Å². The van der Waals surface area contributed by atoms with Crippen molar-refractivity contribution in [1.29, 1.82) is 5.26 Å². The number of rotatable bonds is 4. The van der Waals surface area contributed by atoms with Crippen LogP contribution in [0, 0.1) is 11.3 Å². The molecule has 0 spiro atoms. The van der Waals surface area contributed by atoms with E-state index >= 15 is 0 Å². The number of hydrogen-bond donors (Lipinski definition) is 0. The molecule has 1 heterocycles. The molecule has 0 unspecified atom stereocenters. The van der Waals surface area contributed by atoms with Crippen LogP contribution in [0.4, 0.5) is 0 Å². The summed E-state index contributed by atoms with van der Waals surface area (Å²) in [6.07, 6.45) is 1.93. The second kappa shape index (κ2) is 5.28. The van der Waals surface area contributed by atoms with E-state index in [0.717, 1.165) is 11.3 Å². The van der Waals surface area contributed by atoms with Gasteiger partial charge in [-0.2, -0.15) is 10.4 Å². The van der Waals surface area contributed by atoms with Crippen LogP contribution >= 0.6 is 0 Å². The first kappa shape index (κ1) is 11.4. The highest BCUT2D eigenvalue weighted by atomic mass is 15.4. The first-order valence-electron chi connectivity index (χ1n) is 5.44. The molecule has 86 valence electrons. The number of nitriles is 1. The van der Waals surface area contributed by atoms with Gasteiger partial charge in [-0.05, 0) is 13.1 Å². The Balaban J connectivity index is 2.09. The number of hydrogen-bond acceptors (Lipinski definition) is 3. The molecule has 1 aromatic carbocycles. The largest absolute Gasteiger partial charge is 0.274 e. The highest BCUT2D eigenvalue weighted by Crippen LogP contribution is 2.15. The Labute approximate surface area is 101 Å². The predicted octanol–water partition coefficient (Wildman–Crippen LogP) is 1.96. The fourth-order valence-electron chi connectivity index (χ4n) is 1.62. The van der Waals surface area contributed by atoms with Gasteiger partial charge < -0.3 is 0 Å². The zero-order chi connectivity index (χ0) is 12.1.